The highest BCUT2D eigenvalue weighted by atomic mass is 32.2. The molecule has 0 radical (unpaired) electrons. The average Bonchev–Trinajstić information content (AvgIpc) is 2.48. The largest absolute Gasteiger partial charge is 0.383 e. The fourth-order valence-corrected chi connectivity index (χ4v) is 4.90. The van der Waals surface area contributed by atoms with Crippen LogP contribution in [0.3, 0.4) is 0 Å². The molecule has 0 aromatic carbocycles. The molecule has 21 heavy (non-hydrogen) atoms. The minimum Gasteiger partial charge on any atom is -0.383 e. The Hall–Kier alpha value is -0.210. The molecule has 0 aromatic rings. The molecule has 126 valence electrons. The molecule has 6 nitrogen and oxygen atoms in total. The molecule has 1 heterocycles. The summed E-state index contributed by atoms with van der Waals surface area (Å²) in [5.41, 5.74) is 0. The molecule has 0 bridgehead atoms. The third kappa shape index (κ3) is 4.89. The van der Waals surface area contributed by atoms with Gasteiger partial charge in [0, 0.05) is 38.8 Å². The van der Waals surface area contributed by atoms with Gasteiger partial charge in [0.15, 0.2) is 0 Å². The average molecular weight is 321 g/mol. The molecule has 1 N–H and O–H groups in total. The molecule has 2 atom stereocenters. The number of rotatable bonds is 9. The van der Waals surface area contributed by atoms with Crippen LogP contribution in [0.2, 0.25) is 0 Å². The number of nitrogens with zero attached hydrogens (tertiary/aromatic N) is 2. The number of methoxy groups -OCH3 is 1. The summed E-state index contributed by atoms with van der Waals surface area (Å²) < 4.78 is 34.5. The van der Waals surface area contributed by atoms with Crippen LogP contribution in [-0.2, 0) is 14.9 Å². The fourth-order valence-electron chi connectivity index (χ4n) is 2.80. The van der Waals surface area contributed by atoms with Crippen molar-refractivity contribution >= 4 is 10.2 Å². The number of ether oxygens (including phenoxy) is 1. The summed E-state index contributed by atoms with van der Waals surface area (Å²) in [6.45, 7) is 6.14. The van der Waals surface area contributed by atoms with Crippen molar-refractivity contribution in [1.82, 2.24) is 13.9 Å². The Morgan fingerprint density at radius 3 is 2.71 bits per heavy atom. The molecule has 0 spiro atoms. The Labute approximate surface area is 130 Å². The van der Waals surface area contributed by atoms with E-state index in [1.807, 2.05) is 20.9 Å². The van der Waals surface area contributed by atoms with Gasteiger partial charge in [-0.2, -0.15) is 17.0 Å². The topological polar surface area (TPSA) is 61.9 Å². The van der Waals surface area contributed by atoms with Crippen LogP contribution < -0.4 is 5.32 Å². The monoisotopic (exact) mass is 321 g/mol. The number of hydrogen-bond acceptors (Lipinski definition) is 4. The first-order valence-electron chi connectivity index (χ1n) is 7.91. The normalized spacial score (nSPS) is 22.6. The van der Waals surface area contributed by atoms with Gasteiger partial charge in [-0.15, -0.1) is 0 Å². The molecule has 1 aliphatic rings. The van der Waals surface area contributed by atoms with Gasteiger partial charge in [0.05, 0.1) is 6.61 Å². The lowest BCUT2D eigenvalue weighted by molar-refractivity contribution is 0.156. The Morgan fingerprint density at radius 2 is 2.14 bits per heavy atom. The standard InChI is InChI=1S/C14H31N3O3S/c1-5-13(2)16(10-11-20-4)21(18,19)17-9-7-6-8-14(17)12-15-3/h13-15H,5-12H2,1-4H3. The lowest BCUT2D eigenvalue weighted by atomic mass is 10.1. The Morgan fingerprint density at radius 1 is 1.43 bits per heavy atom. The van der Waals surface area contributed by atoms with E-state index in [0.717, 1.165) is 25.7 Å². The molecule has 2 unspecified atom stereocenters. The molecule has 7 heteroatoms. The van der Waals surface area contributed by atoms with Gasteiger partial charge in [-0.05, 0) is 33.2 Å². The van der Waals surface area contributed by atoms with Crippen molar-refractivity contribution in [3.8, 4) is 0 Å². The number of hydrogen-bond donors (Lipinski definition) is 1. The summed E-state index contributed by atoms with van der Waals surface area (Å²) in [6.07, 6.45) is 3.77. The van der Waals surface area contributed by atoms with Crippen LogP contribution in [0, 0.1) is 0 Å². The van der Waals surface area contributed by atoms with E-state index in [-0.39, 0.29) is 12.1 Å². The van der Waals surface area contributed by atoms with E-state index >= 15 is 0 Å². The second-order valence-corrected chi connectivity index (χ2v) is 7.52. The van der Waals surface area contributed by atoms with Crippen molar-refractivity contribution in [2.45, 2.75) is 51.6 Å². The quantitative estimate of drug-likeness (QED) is 0.689. The van der Waals surface area contributed by atoms with Crippen LogP contribution in [0.15, 0.2) is 0 Å². The molecule has 0 aliphatic carbocycles. The van der Waals surface area contributed by atoms with E-state index in [9.17, 15) is 8.42 Å². The van der Waals surface area contributed by atoms with E-state index < -0.39 is 10.2 Å². The predicted molar refractivity (Wildman–Crippen MR) is 85.5 cm³/mol. The molecular formula is C14H31N3O3S. The lowest BCUT2D eigenvalue weighted by Gasteiger charge is -2.39. The van der Waals surface area contributed by atoms with Crippen LogP contribution in [0.25, 0.3) is 0 Å². The van der Waals surface area contributed by atoms with Crippen LogP contribution in [0.4, 0.5) is 0 Å². The van der Waals surface area contributed by atoms with E-state index in [0.29, 0.717) is 26.2 Å². The summed E-state index contributed by atoms with van der Waals surface area (Å²) in [7, 11) is 0.0427. The molecule has 1 saturated heterocycles. The second-order valence-electron chi connectivity index (χ2n) is 5.69. The zero-order valence-corrected chi connectivity index (χ0v) is 14.7. The van der Waals surface area contributed by atoms with Gasteiger partial charge >= 0.3 is 0 Å². The number of nitrogens with one attached hydrogen (secondary N) is 1. The Bertz CT molecular complexity index is 379. The minimum atomic E-state index is -3.43. The van der Waals surface area contributed by atoms with Gasteiger partial charge in [-0.1, -0.05) is 13.3 Å². The van der Waals surface area contributed by atoms with Crippen molar-refractivity contribution in [2.24, 2.45) is 0 Å². The predicted octanol–water partition coefficient (Wildman–Crippen LogP) is 1.05. The fraction of sp³-hybridized carbons (Fsp3) is 1.00. The van der Waals surface area contributed by atoms with Crippen molar-refractivity contribution in [3.05, 3.63) is 0 Å². The molecular weight excluding hydrogens is 290 g/mol. The third-order valence-corrected chi connectivity index (χ3v) is 6.41. The molecule has 0 amide bonds. The minimum absolute atomic E-state index is 0.0117. The maximum atomic E-state index is 13.0. The first-order valence-corrected chi connectivity index (χ1v) is 9.30. The summed E-state index contributed by atoms with van der Waals surface area (Å²) in [5, 5.41) is 3.12. The summed E-state index contributed by atoms with van der Waals surface area (Å²) in [5.74, 6) is 0. The molecule has 0 saturated carbocycles. The van der Waals surface area contributed by atoms with Crippen molar-refractivity contribution < 1.29 is 13.2 Å². The van der Waals surface area contributed by atoms with E-state index in [4.69, 9.17) is 4.74 Å². The molecule has 1 rings (SSSR count). The van der Waals surface area contributed by atoms with Crippen molar-refractivity contribution in [2.75, 3.05) is 40.4 Å². The van der Waals surface area contributed by atoms with Crippen molar-refractivity contribution in [1.29, 1.82) is 0 Å². The van der Waals surface area contributed by atoms with Gasteiger partial charge in [-0.3, -0.25) is 0 Å². The highest BCUT2D eigenvalue weighted by molar-refractivity contribution is 7.86. The smallest absolute Gasteiger partial charge is 0.282 e. The molecule has 0 aromatic heterocycles. The van der Waals surface area contributed by atoms with Crippen LogP contribution in [0.5, 0.6) is 0 Å². The first-order chi connectivity index (χ1) is 9.98. The number of piperidine rings is 1. The maximum Gasteiger partial charge on any atom is 0.282 e. The van der Waals surface area contributed by atoms with E-state index in [2.05, 4.69) is 5.32 Å². The van der Waals surface area contributed by atoms with Crippen LogP contribution >= 0.6 is 0 Å². The summed E-state index contributed by atoms with van der Waals surface area (Å²) in [4.78, 5) is 0. The van der Waals surface area contributed by atoms with Gasteiger partial charge in [0.25, 0.3) is 10.2 Å². The van der Waals surface area contributed by atoms with Gasteiger partial charge in [0.1, 0.15) is 0 Å². The summed E-state index contributed by atoms with van der Waals surface area (Å²) in [6, 6.07) is 0.0464. The second kappa shape index (κ2) is 9.05. The Kier molecular flexibility index (Phi) is 8.12. The molecule has 1 fully saturated rings. The maximum absolute atomic E-state index is 13.0. The highest BCUT2D eigenvalue weighted by Gasteiger charge is 2.37. The SMILES string of the molecule is CCC(C)N(CCOC)S(=O)(=O)N1CCCCC1CNC. The van der Waals surface area contributed by atoms with E-state index in [1.54, 1.807) is 15.7 Å². The zero-order chi connectivity index (χ0) is 15.9. The first kappa shape index (κ1) is 18.8. The number of likely N-dealkylation sites (N-methyl/N-ethyl adjacent to an activating group) is 1. The Balaban J connectivity index is 2.95. The molecule has 1 aliphatic heterocycles. The lowest BCUT2D eigenvalue weighted by Crippen LogP contribution is -2.55. The van der Waals surface area contributed by atoms with Crippen molar-refractivity contribution in [3.63, 3.8) is 0 Å². The summed E-state index contributed by atoms with van der Waals surface area (Å²) >= 11 is 0. The van der Waals surface area contributed by atoms with E-state index in [1.165, 1.54) is 0 Å². The highest BCUT2D eigenvalue weighted by Crippen LogP contribution is 2.24. The van der Waals surface area contributed by atoms with Crippen LogP contribution in [0.1, 0.15) is 39.5 Å². The zero-order valence-electron chi connectivity index (χ0n) is 13.8. The van der Waals surface area contributed by atoms with Gasteiger partial charge in [-0.25, -0.2) is 0 Å². The van der Waals surface area contributed by atoms with Gasteiger partial charge in [0.2, 0.25) is 0 Å². The van der Waals surface area contributed by atoms with Crippen LogP contribution in [-0.4, -0.2) is 69.5 Å². The third-order valence-electron chi connectivity index (χ3n) is 4.20. The van der Waals surface area contributed by atoms with Gasteiger partial charge < -0.3 is 10.1 Å².